The van der Waals surface area contributed by atoms with Gasteiger partial charge in [-0.15, -0.1) is 0 Å². The van der Waals surface area contributed by atoms with Crippen molar-refractivity contribution in [3.05, 3.63) is 59.7 Å². The van der Waals surface area contributed by atoms with Crippen LogP contribution in [0, 0.1) is 11.3 Å². The summed E-state index contributed by atoms with van der Waals surface area (Å²) in [6.07, 6.45) is 0.982. The Balaban J connectivity index is 1.59. The number of aryl methyl sites for hydroxylation is 1. The van der Waals surface area contributed by atoms with Gasteiger partial charge in [-0.2, -0.15) is 5.26 Å². The third-order valence-electron chi connectivity index (χ3n) is 5.02. The van der Waals surface area contributed by atoms with Crippen molar-refractivity contribution in [3.63, 3.8) is 0 Å². The van der Waals surface area contributed by atoms with E-state index in [4.69, 9.17) is 10.00 Å². The van der Waals surface area contributed by atoms with Gasteiger partial charge in [0.1, 0.15) is 17.8 Å². The number of ether oxygens (including phenoxy) is 1. The van der Waals surface area contributed by atoms with Crippen LogP contribution in [0.3, 0.4) is 0 Å². The lowest BCUT2D eigenvalue weighted by molar-refractivity contribution is -0.133. The fraction of sp³-hybridized carbons (Fsp3) is 0.273. The third kappa shape index (κ3) is 4.58. The van der Waals surface area contributed by atoms with Crippen molar-refractivity contribution >= 4 is 23.5 Å². The van der Waals surface area contributed by atoms with Gasteiger partial charge in [-0.1, -0.05) is 12.1 Å². The molecule has 1 atom stereocenters. The fourth-order valence-corrected chi connectivity index (χ4v) is 3.22. The van der Waals surface area contributed by atoms with Crippen molar-refractivity contribution in [2.24, 2.45) is 0 Å². The van der Waals surface area contributed by atoms with Gasteiger partial charge in [0, 0.05) is 5.69 Å². The summed E-state index contributed by atoms with van der Waals surface area (Å²) in [5.41, 5.74) is 0.880. The molecule has 0 saturated carbocycles. The Bertz CT molecular complexity index is 995. The summed E-state index contributed by atoms with van der Waals surface area (Å²) in [6.45, 7) is 1.28. The molecular formula is C22H22N4O4. The van der Waals surface area contributed by atoms with Crippen LogP contribution in [0.2, 0.25) is 0 Å². The molecular weight excluding hydrogens is 384 g/mol. The van der Waals surface area contributed by atoms with Gasteiger partial charge in [0.15, 0.2) is 0 Å². The number of carbonyl (C=O) groups excluding carboxylic acids is 3. The van der Waals surface area contributed by atoms with Crippen LogP contribution in [0.4, 0.5) is 10.5 Å². The number of nitrogens with one attached hydrogen (secondary N) is 2. The number of hydrogen-bond acceptors (Lipinski definition) is 5. The first kappa shape index (κ1) is 20.9. The molecule has 0 bridgehead atoms. The Morgan fingerprint density at radius 2 is 1.83 bits per heavy atom. The molecule has 0 aliphatic carbocycles. The number of hydrogen-bond donors (Lipinski definition) is 2. The number of methoxy groups -OCH3 is 1. The lowest BCUT2D eigenvalue weighted by Crippen LogP contribution is -2.45. The molecule has 0 spiro atoms. The number of imide groups is 1. The lowest BCUT2D eigenvalue weighted by Gasteiger charge is -2.21. The van der Waals surface area contributed by atoms with Crippen molar-refractivity contribution in [2.45, 2.75) is 25.3 Å². The molecule has 8 nitrogen and oxygen atoms in total. The molecule has 0 aromatic heterocycles. The maximum absolute atomic E-state index is 12.8. The van der Waals surface area contributed by atoms with Crippen LogP contribution in [0.25, 0.3) is 0 Å². The fourth-order valence-electron chi connectivity index (χ4n) is 3.22. The van der Waals surface area contributed by atoms with Crippen molar-refractivity contribution < 1.29 is 19.1 Å². The van der Waals surface area contributed by atoms with E-state index in [0.29, 0.717) is 24.1 Å². The average Bonchev–Trinajstić information content (AvgIpc) is 2.96. The summed E-state index contributed by atoms with van der Waals surface area (Å²) in [4.78, 5) is 38.4. The van der Waals surface area contributed by atoms with Gasteiger partial charge in [0.25, 0.3) is 5.91 Å². The van der Waals surface area contributed by atoms with Gasteiger partial charge in [-0.3, -0.25) is 14.5 Å². The van der Waals surface area contributed by atoms with Crippen LogP contribution in [-0.2, 0) is 16.0 Å². The van der Waals surface area contributed by atoms with Crippen LogP contribution in [0.1, 0.15) is 24.5 Å². The maximum Gasteiger partial charge on any atom is 0.325 e. The molecule has 0 radical (unpaired) electrons. The highest BCUT2D eigenvalue weighted by Crippen LogP contribution is 2.24. The predicted octanol–water partition coefficient (Wildman–Crippen LogP) is 2.45. The second kappa shape index (κ2) is 8.66. The van der Waals surface area contributed by atoms with Gasteiger partial charge in [-0.05, 0) is 61.7 Å². The summed E-state index contributed by atoms with van der Waals surface area (Å²) in [7, 11) is 1.59. The number of nitrogens with zero attached hydrogens (tertiary/aromatic N) is 2. The third-order valence-corrected chi connectivity index (χ3v) is 5.02. The van der Waals surface area contributed by atoms with Gasteiger partial charge >= 0.3 is 6.03 Å². The SMILES string of the molecule is COc1ccc(CC[C@]2(C)NC(=O)N(CC(=O)Nc3ccc(C#N)cc3)C2=O)cc1. The smallest absolute Gasteiger partial charge is 0.325 e. The van der Waals surface area contributed by atoms with E-state index in [-0.39, 0.29) is 6.54 Å². The van der Waals surface area contributed by atoms with Crippen LogP contribution in [0.5, 0.6) is 5.75 Å². The van der Waals surface area contributed by atoms with E-state index < -0.39 is 23.4 Å². The van der Waals surface area contributed by atoms with E-state index in [2.05, 4.69) is 10.6 Å². The number of anilines is 1. The number of benzene rings is 2. The number of rotatable bonds is 7. The molecule has 2 aromatic carbocycles. The monoisotopic (exact) mass is 406 g/mol. The summed E-state index contributed by atoms with van der Waals surface area (Å²) < 4.78 is 5.13. The minimum absolute atomic E-state index is 0.386. The zero-order chi connectivity index (χ0) is 21.7. The zero-order valence-corrected chi connectivity index (χ0v) is 16.8. The Morgan fingerprint density at radius 1 is 1.17 bits per heavy atom. The van der Waals surface area contributed by atoms with Crippen molar-refractivity contribution in [1.29, 1.82) is 5.26 Å². The molecule has 1 aliphatic rings. The van der Waals surface area contributed by atoms with Crippen molar-refractivity contribution in [2.75, 3.05) is 19.0 Å². The quantitative estimate of drug-likeness (QED) is 0.686. The maximum atomic E-state index is 12.8. The largest absolute Gasteiger partial charge is 0.497 e. The zero-order valence-electron chi connectivity index (χ0n) is 16.8. The Hall–Kier alpha value is -3.86. The Morgan fingerprint density at radius 3 is 2.43 bits per heavy atom. The Kier molecular flexibility index (Phi) is 6.02. The molecule has 3 rings (SSSR count). The summed E-state index contributed by atoms with van der Waals surface area (Å²) in [5.74, 6) is -0.187. The standard InChI is InChI=1S/C22H22N4O4/c1-22(12-11-15-5-9-18(30-2)10-6-15)20(28)26(21(29)25-22)14-19(27)24-17-7-3-16(13-23)4-8-17/h3-10H,11-12,14H2,1-2H3,(H,24,27)(H,25,29)/t22-/m0/s1. The van der Waals surface area contributed by atoms with E-state index in [1.54, 1.807) is 38.3 Å². The van der Waals surface area contributed by atoms with E-state index >= 15 is 0 Å². The summed E-state index contributed by atoms with van der Waals surface area (Å²) >= 11 is 0. The molecule has 1 heterocycles. The number of carbonyl (C=O) groups is 3. The van der Waals surface area contributed by atoms with E-state index in [1.807, 2.05) is 30.3 Å². The van der Waals surface area contributed by atoms with E-state index in [0.717, 1.165) is 16.2 Å². The number of amides is 4. The van der Waals surface area contributed by atoms with Crippen molar-refractivity contribution in [3.8, 4) is 11.8 Å². The molecule has 1 aliphatic heterocycles. The van der Waals surface area contributed by atoms with Gasteiger partial charge < -0.3 is 15.4 Å². The summed E-state index contributed by atoms with van der Waals surface area (Å²) in [5, 5.41) is 14.1. The van der Waals surface area contributed by atoms with Crippen molar-refractivity contribution in [1.82, 2.24) is 10.2 Å². The first-order valence-corrected chi connectivity index (χ1v) is 9.42. The molecule has 0 unspecified atom stereocenters. The molecule has 1 fully saturated rings. The van der Waals surface area contributed by atoms with Gasteiger partial charge in [0.2, 0.25) is 5.91 Å². The highest BCUT2D eigenvalue weighted by Gasteiger charge is 2.47. The molecule has 2 aromatic rings. The first-order chi connectivity index (χ1) is 14.3. The molecule has 4 amide bonds. The van der Waals surface area contributed by atoms with E-state index in [1.165, 1.54) is 0 Å². The van der Waals surface area contributed by atoms with Crippen LogP contribution in [0.15, 0.2) is 48.5 Å². The number of nitriles is 1. The van der Waals surface area contributed by atoms with Gasteiger partial charge in [0.05, 0.1) is 18.7 Å². The highest BCUT2D eigenvalue weighted by atomic mass is 16.5. The predicted molar refractivity (Wildman–Crippen MR) is 110 cm³/mol. The molecule has 30 heavy (non-hydrogen) atoms. The molecule has 8 heteroatoms. The van der Waals surface area contributed by atoms with Crippen LogP contribution < -0.4 is 15.4 Å². The lowest BCUT2D eigenvalue weighted by atomic mass is 9.93. The number of urea groups is 1. The van der Waals surface area contributed by atoms with Crippen LogP contribution >= 0.6 is 0 Å². The Labute approximate surface area is 174 Å². The average molecular weight is 406 g/mol. The summed E-state index contributed by atoms with van der Waals surface area (Å²) in [6, 6.07) is 15.2. The minimum atomic E-state index is -1.08. The van der Waals surface area contributed by atoms with E-state index in [9.17, 15) is 14.4 Å². The topological polar surface area (TPSA) is 112 Å². The molecule has 2 N–H and O–H groups in total. The highest BCUT2D eigenvalue weighted by molar-refractivity contribution is 6.09. The first-order valence-electron chi connectivity index (χ1n) is 9.42. The van der Waals surface area contributed by atoms with Gasteiger partial charge in [-0.25, -0.2) is 4.79 Å². The molecule has 154 valence electrons. The van der Waals surface area contributed by atoms with Crippen LogP contribution in [-0.4, -0.2) is 41.9 Å². The minimum Gasteiger partial charge on any atom is -0.497 e. The molecule has 1 saturated heterocycles. The second-order valence-electron chi connectivity index (χ2n) is 7.24. The normalized spacial score (nSPS) is 18.0. The second-order valence-corrected chi connectivity index (χ2v) is 7.24.